The number of benzene rings is 2. The zero-order chi connectivity index (χ0) is 18.2. The third kappa shape index (κ3) is 5.65. The molecular weight excluding hydrogens is 341 g/mol. The molecule has 2 aromatic carbocycles. The van der Waals surface area contributed by atoms with Gasteiger partial charge in [-0.3, -0.25) is 14.9 Å². The summed E-state index contributed by atoms with van der Waals surface area (Å²) in [5.41, 5.74) is 1.12. The summed E-state index contributed by atoms with van der Waals surface area (Å²) in [5.74, 6) is -1.33. The van der Waals surface area contributed by atoms with Crippen LogP contribution in [0, 0.1) is 5.82 Å². The predicted molar refractivity (Wildman–Crippen MR) is 100 cm³/mol. The monoisotopic (exact) mass is 359 g/mol. The topological polar surface area (TPSA) is 70.2 Å². The summed E-state index contributed by atoms with van der Waals surface area (Å²) < 4.78 is 13.6. The highest BCUT2D eigenvalue weighted by atomic mass is 32.1. The lowest BCUT2D eigenvalue weighted by molar-refractivity contribution is -0.116. The molecule has 0 bridgehead atoms. The molecule has 5 nitrogen and oxygen atoms in total. The van der Waals surface area contributed by atoms with Crippen LogP contribution < -0.4 is 16.0 Å². The van der Waals surface area contributed by atoms with E-state index in [2.05, 4.69) is 16.0 Å². The second kappa shape index (κ2) is 8.89. The molecule has 0 aliphatic heterocycles. The molecule has 25 heavy (non-hydrogen) atoms. The third-order valence-electron chi connectivity index (χ3n) is 3.23. The molecule has 0 spiro atoms. The molecule has 2 aromatic rings. The van der Waals surface area contributed by atoms with Crippen molar-refractivity contribution in [3.8, 4) is 0 Å². The predicted octanol–water partition coefficient (Wildman–Crippen LogP) is 3.69. The zero-order valence-electron chi connectivity index (χ0n) is 13.6. The quantitative estimate of drug-likeness (QED) is 0.712. The van der Waals surface area contributed by atoms with Gasteiger partial charge in [-0.1, -0.05) is 25.1 Å². The number of anilines is 2. The maximum absolute atomic E-state index is 13.6. The van der Waals surface area contributed by atoms with Crippen molar-refractivity contribution >= 4 is 40.5 Å². The number of carbonyl (C=O) groups excluding carboxylic acids is 2. The van der Waals surface area contributed by atoms with Gasteiger partial charge in [-0.25, -0.2) is 4.39 Å². The highest BCUT2D eigenvalue weighted by Crippen LogP contribution is 2.15. The van der Waals surface area contributed by atoms with E-state index >= 15 is 0 Å². The van der Waals surface area contributed by atoms with E-state index in [1.165, 1.54) is 18.2 Å². The number of rotatable bonds is 5. The summed E-state index contributed by atoms with van der Waals surface area (Å²) in [6.07, 6.45) is 1.20. The van der Waals surface area contributed by atoms with Crippen molar-refractivity contribution in [2.45, 2.75) is 19.8 Å². The fourth-order valence-electron chi connectivity index (χ4n) is 2.10. The summed E-state index contributed by atoms with van der Waals surface area (Å²) in [7, 11) is 0. The van der Waals surface area contributed by atoms with Crippen LogP contribution in [0.5, 0.6) is 0 Å². The Morgan fingerprint density at radius 3 is 2.40 bits per heavy atom. The molecule has 2 amide bonds. The van der Waals surface area contributed by atoms with E-state index in [0.29, 0.717) is 17.8 Å². The number of amides is 2. The minimum atomic E-state index is -0.636. The molecule has 130 valence electrons. The Hall–Kier alpha value is -2.80. The Bertz CT molecular complexity index is 795. The molecule has 0 saturated carbocycles. The first-order chi connectivity index (χ1) is 12.0. The van der Waals surface area contributed by atoms with Gasteiger partial charge in [0.1, 0.15) is 5.82 Å². The van der Waals surface area contributed by atoms with Gasteiger partial charge in [-0.15, -0.1) is 0 Å². The Morgan fingerprint density at radius 1 is 1.04 bits per heavy atom. The number of hydrogen-bond donors (Lipinski definition) is 3. The normalized spacial score (nSPS) is 10.0. The van der Waals surface area contributed by atoms with E-state index in [-0.39, 0.29) is 16.6 Å². The largest absolute Gasteiger partial charge is 0.332 e. The first-order valence-electron chi connectivity index (χ1n) is 7.76. The summed E-state index contributed by atoms with van der Waals surface area (Å²) in [4.78, 5) is 23.6. The molecule has 0 aliphatic rings. The first-order valence-corrected chi connectivity index (χ1v) is 8.17. The van der Waals surface area contributed by atoms with Gasteiger partial charge in [0.2, 0.25) is 5.91 Å². The van der Waals surface area contributed by atoms with E-state index in [1.807, 2.05) is 6.92 Å². The van der Waals surface area contributed by atoms with Gasteiger partial charge in [0.05, 0.1) is 5.56 Å². The van der Waals surface area contributed by atoms with E-state index in [4.69, 9.17) is 12.2 Å². The first kappa shape index (κ1) is 18.5. The molecular formula is C18H18FN3O2S. The number of nitrogens with one attached hydrogen (secondary N) is 3. The molecule has 0 atom stereocenters. The van der Waals surface area contributed by atoms with Crippen LogP contribution in [-0.4, -0.2) is 16.9 Å². The lowest BCUT2D eigenvalue weighted by atomic mass is 10.2. The summed E-state index contributed by atoms with van der Waals surface area (Å²) in [5, 5.41) is 8.06. The summed E-state index contributed by atoms with van der Waals surface area (Å²) in [6.45, 7) is 1.92. The minimum absolute atomic E-state index is 0.0327. The van der Waals surface area contributed by atoms with Gasteiger partial charge in [0.25, 0.3) is 5.91 Å². The Balaban J connectivity index is 1.97. The number of halogens is 1. The molecule has 0 unspecified atom stereocenters. The molecule has 0 aromatic heterocycles. The van der Waals surface area contributed by atoms with Crippen LogP contribution >= 0.6 is 12.2 Å². The van der Waals surface area contributed by atoms with Crippen molar-refractivity contribution in [3.63, 3.8) is 0 Å². The molecule has 2 rings (SSSR count). The van der Waals surface area contributed by atoms with Crippen molar-refractivity contribution in [2.75, 3.05) is 10.6 Å². The molecule has 3 N–H and O–H groups in total. The molecule has 0 fully saturated rings. The van der Waals surface area contributed by atoms with Gasteiger partial charge in [0, 0.05) is 17.8 Å². The zero-order valence-corrected chi connectivity index (χ0v) is 14.5. The minimum Gasteiger partial charge on any atom is -0.332 e. The van der Waals surface area contributed by atoms with E-state index in [9.17, 15) is 14.0 Å². The van der Waals surface area contributed by atoms with Gasteiger partial charge in [-0.2, -0.15) is 0 Å². The van der Waals surface area contributed by atoms with E-state index in [1.54, 1.807) is 30.3 Å². The van der Waals surface area contributed by atoms with Gasteiger partial charge in [-0.05, 0) is 49.0 Å². The van der Waals surface area contributed by atoms with E-state index in [0.717, 1.165) is 6.42 Å². The smallest absolute Gasteiger partial charge is 0.260 e. The maximum atomic E-state index is 13.6. The third-order valence-corrected chi connectivity index (χ3v) is 3.43. The number of carbonyl (C=O) groups is 2. The average Bonchev–Trinajstić information content (AvgIpc) is 2.55. The van der Waals surface area contributed by atoms with Crippen LogP contribution in [0.1, 0.15) is 30.1 Å². The fourth-order valence-corrected chi connectivity index (χ4v) is 2.31. The second-order valence-corrected chi connectivity index (χ2v) is 5.68. The molecule has 7 heteroatoms. The van der Waals surface area contributed by atoms with Gasteiger partial charge in [0.15, 0.2) is 5.11 Å². The van der Waals surface area contributed by atoms with Crippen LogP contribution in [0.25, 0.3) is 0 Å². The van der Waals surface area contributed by atoms with Crippen molar-refractivity contribution in [1.82, 2.24) is 5.32 Å². The van der Waals surface area contributed by atoms with Crippen molar-refractivity contribution < 1.29 is 14.0 Å². The number of hydrogen-bond acceptors (Lipinski definition) is 3. The van der Waals surface area contributed by atoms with Crippen LogP contribution in [0.2, 0.25) is 0 Å². The lowest BCUT2D eigenvalue weighted by Crippen LogP contribution is -2.34. The molecule has 0 aliphatic carbocycles. The van der Waals surface area contributed by atoms with Crippen molar-refractivity contribution in [1.29, 1.82) is 0 Å². The molecule has 0 heterocycles. The maximum Gasteiger partial charge on any atom is 0.260 e. The standard InChI is InChI=1S/C18H18FN3O2S/c1-2-6-16(23)20-12-7-5-8-13(11-12)21-18(25)22-17(24)14-9-3-4-10-15(14)19/h3-5,7-11H,2,6H2,1H3,(H,20,23)(H2,21,22,24,25). The Kier molecular flexibility index (Phi) is 6.59. The Morgan fingerprint density at radius 2 is 1.72 bits per heavy atom. The SMILES string of the molecule is CCCC(=O)Nc1cccc(NC(=S)NC(=O)c2ccccc2F)c1. The van der Waals surface area contributed by atoms with E-state index < -0.39 is 11.7 Å². The van der Waals surface area contributed by atoms with Crippen LogP contribution in [0.3, 0.4) is 0 Å². The average molecular weight is 359 g/mol. The number of thiocarbonyl (C=S) groups is 1. The van der Waals surface area contributed by atoms with Crippen LogP contribution in [0.4, 0.5) is 15.8 Å². The second-order valence-electron chi connectivity index (χ2n) is 5.27. The molecule has 0 saturated heterocycles. The van der Waals surface area contributed by atoms with Crippen LogP contribution in [0.15, 0.2) is 48.5 Å². The summed E-state index contributed by atoms with van der Waals surface area (Å²) >= 11 is 5.08. The highest BCUT2D eigenvalue weighted by Gasteiger charge is 2.12. The summed E-state index contributed by atoms with van der Waals surface area (Å²) in [6, 6.07) is 12.6. The molecule has 0 radical (unpaired) electrons. The van der Waals surface area contributed by atoms with Gasteiger partial charge < -0.3 is 10.6 Å². The Labute approximate surface area is 150 Å². The fraction of sp³-hybridized carbons (Fsp3) is 0.167. The van der Waals surface area contributed by atoms with Crippen LogP contribution in [-0.2, 0) is 4.79 Å². The van der Waals surface area contributed by atoms with Crippen molar-refractivity contribution in [2.24, 2.45) is 0 Å². The van der Waals surface area contributed by atoms with Gasteiger partial charge >= 0.3 is 0 Å². The van der Waals surface area contributed by atoms with Crippen molar-refractivity contribution in [3.05, 3.63) is 59.9 Å². The lowest BCUT2D eigenvalue weighted by Gasteiger charge is -2.11. The highest BCUT2D eigenvalue weighted by molar-refractivity contribution is 7.80.